The maximum absolute atomic E-state index is 13.0. The van der Waals surface area contributed by atoms with Crippen LogP contribution in [0.1, 0.15) is 33.2 Å². The Hall–Kier alpha value is -3.39. The van der Waals surface area contributed by atoms with Crippen LogP contribution >= 0.6 is 11.6 Å². The van der Waals surface area contributed by atoms with Crippen molar-refractivity contribution in [3.63, 3.8) is 0 Å². The smallest absolute Gasteiger partial charge is 0.343 e. The number of methoxy groups -OCH3 is 1. The van der Waals surface area contributed by atoms with Gasteiger partial charge in [0.05, 0.1) is 19.1 Å². The van der Waals surface area contributed by atoms with Crippen LogP contribution in [0.15, 0.2) is 41.3 Å². The number of pyridine rings is 2. The normalized spacial score (nSPS) is 10.7. The van der Waals surface area contributed by atoms with E-state index in [1.165, 1.54) is 23.9 Å². The Morgan fingerprint density at radius 3 is 2.53 bits per heavy atom. The predicted molar refractivity (Wildman–Crippen MR) is 112 cm³/mol. The minimum atomic E-state index is -0.664. The van der Waals surface area contributed by atoms with Gasteiger partial charge in [0.25, 0.3) is 5.91 Å². The molecule has 9 heteroatoms. The van der Waals surface area contributed by atoms with E-state index in [1.54, 1.807) is 38.2 Å². The SMILES string of the molecule is CCOC(=O)c1cc2c(=O)c(C(=O)NCc3ccc(Cl)cc3)cn(C)c2nc1OC. The number of rotatable bonds is 6. The Morgan fingerprint density at radius 2 is 1.90 bits per heavy atom. The quantitative estimate of drug-likeness (QED) is 0.605. The van der Waals surface area contributed by atoms with Crippen LogP contribution in [-0.2, 0) is 18.3 Å². The van der Waals surface area contributed by atoms with Gasteiger partial charge < -0.3 is 19.4 Å². The lowest BCUT2D eigenvalue weighted by Gasteiger charge is -2.12. The van der Waals surface area contributed by atoms with Crippen LogP contribution in [0.25, 0.3) is 11.0 Å². The van der Waals surface area contributed by atoms with Crippen LogP contribution < -0.4 is 15.5 Å². The average Bonchev–Trinajstić information content (AvgIpc) is 2.74. The molecular weight excluding hydrogens is 410 g/mol. The molecule has 0 aliphatic heterocycles. The minimum absolute atomic E-state index is 0.0164. The Kier molecular flexibility index (Phi) is 6.37. The number of halogens is 1. The number of carbonyl (C=O) groups is 2. The van der Waals surface area contributed by atoms with E-state index in [0.717, 1.165) is 5.56 Å². The average molecular weight is 430 g/mol. The fourth-order valence-corrected chi connectivity index (χ4v) is 3.06. The number of aryl methyl sites for hydroxylation is 1. The summed E-state index contributed by atoms with van der Waals surface area (Å²) in [6.07, 6.45) is 1.40. The van der Waals surface area contributed by atoms with Gasteiger partial charge in [-0.05, 0) is 30.7 Å². The second kappa shape index (κ2) is 8.96. The first kappa shape index (κ1) is 21.3. The van der Waals surface area contributed by atoms with Gasteiger partial charge in [-0.3, -0.25) is 9.59 Å². The topological polar surface area (TPSA) is 99.5 Å². The van der Waals surface area contributed by atoms with Crippen molar-refractivity contribution in [1.82, 2.24) is 14.9 Å². The van der Waals surface area contributed by atoms with Gasteiger partial charge in [0.15, 0.2) is 0 Å². The summed E-state index contributed by atoms with van der Waals surface area (Å²) < 4.78 is 11.7. The fraction of sp³-hybridized carbons (Fsp3) is 0.238. The fourth-order valence-electron chi connectivity index (χ4n) is 2.93. The van der Waals surface area contributed by atoms with Crippen LogP contribution in [0, 0.1) is 0 Å². The van der Waals surface area contributed by atoms with Crippen molar-refractivity contribution in [2.45, 2.75) is 13.5 Å². The van der Waals surface area contributed by atoms with Crippen LogP contribution in [0.2, 0.25) is 5.02 Å². The maximum Gasteiger partial charge on any atom is 0.343 e. The monoisotopic (exact) mass is 429 g/mol. The Morgan fingerprint density at radius 1 is 1.20 bits per heavy atom. The first-order valence-electron chi connectivity index (χ1n) is 9.13. The molecule has 0 unspecified atom stereocenters. The summed E-state index contributed by atoms with van der Waals surface area (Å²) in [5, 5.41) is 3.42. The number of amides is 1. The number of esters is 1. The third-order valence-electron chi connectivity index (χ3n) is 4.41. The van der Waals surface area contributed by atoms with E-state index >= 15 is 0 Å². The molecule has 3 aromatic rings. The van der Waals surface area contributed by atoms with E-state index in [1.807, 2.05) is 0 Å². The summed E-state index contributed by atoms with van der Waals surface area (Å²) in [4.78, 5) is 42.1. The third kappa shape index (κ3) is 4.28. The summed E-state index contributed by atoms with van der Waals surface area (Å²) >= 11 is 5.86. The van der Waals surface area contributed by atoms with E-state index in [2.05, 4.69) is 10.3 Å². The summed E-state index contributed by atoms with van der Waals surface area (Å²) in [7, 11) is 3.02. The van der Waals surface area contributed by atoms with E-state index < -0.39 is 17.3 Å². The first-order valence-corrected chi connectivity index (χ1v) is 9.51. The summed E-state index contributed by atoms with van der Waals surface area (Å²) in [6, 6.07) is 8.34. The van der Waals surface area contributed by atoms with E-state index in [-0.39, 0.29) is 41.2 Å². The number of carbonyl (C=O) groups excluding carboxylic acids is 2. The predicted octanol–water partition coefficient (Wildman–Crippen LogP) is 2.70. The molecule has 0 spiro atoms. The number of hydrogen-bond donors (Lipinski definition) is 1. The molecule has 2 aromatic heterocycles. The molecule has 0 atom stereocenters. The minimum Gasteiger partial charge on any atom is -0.480 e. The van der Waals surface area contributed by atoms with Gasteiger partial charge >= 0.3 is 5.97 Å². The molecule has 2 heterocycles. The van der Waals surface area contributed by atoms with Crippen molar-refractivity contribution in [2.75, 3.05) is 13.7 Å². The molecule has 156 valence electrons. The molecule has 1 N–H and O–H groups in total. The number of fused-ring (bicyclic) bond motifs is 1. The maximum atomic E-state index is 13.0. The van der Waals surface area contributed by atoms with Gasteiger partial charge in [0.2, 0.25) is 11.3 Å². The van der Waals surface area contributed by atoms with Crippen molar-refractivity contribution in [3.8, 4) is 5.88 Å². The molecular formula is C21H20ClN3O5. The van der Waals surface area contributed by atoms with Gasteiger partial charge in [0.1, 0.15) is 16.8 Å². The van der Waals surface area contributed by atoms with Crippen LogP contribution in [-0.4, -0.2) is 35.1 Å². The zero-order valence-electron chi connectivity index (χ0n) is 16.7. The van der Waals surface area contributed by atoms with Gasteiger partial charge in [-0.15, -0.1) is 0 Å². The molecule has 0 saturated heterocycles. The van der Waals surface area contributed by atoms with Crippen molar-refractivity contribution in [3.05, 3.63) is 68.5 Å². The highest BCUT2D eigenvalue weighted by Gasteiger charge is 2.21. The van der Waals surface area contributed by atoms with Crippen molar-refractivity contribution in [2.24, 2.45) is 7.05 Å². The molecule has 0 saturated carbocycles. The molecule has 0 fully saturated rings. The second-order valence-corrected chi connectivity index (χ2v) is 6.87. The third-order valence-corrected chi connectivity index (χ3v) is 4.67. The lowest BCUT2D eigenvalue weighted by Crippen LogP contribution is -2.29. The molecule has 0 aliphatic carbocycles. The number of aromatic nitrogens is 2. The molecule has 0 aliphatic rings. The van der Waals surface area contributed by atoms with Gasteiger partial charge in [-0.2, -0.15) is 4.98 Å². The van der Waals surface area contributed by atoms with E-state index in [4.69, 9.17) is 21.1 Å². The number of nitrogens with one attached hydrogen (secondary N) is 1. The largest absolute Gasteiger partial charge is 0.480 e. The zero-order valence-corrected chi connectivity index (χ0v) is 17.4. The first-order chi connectivity index (χ1) is 14.3. The highest BCUT2D eigenvalue weighted by molar-refractivity contribution is 6.30. The lowest BCUT2D eigenvalue weighted by molar-refractivity contribution is 0.0522. The lowest BCUT2D eigenvalue weighted by atomic mass is 10.1. The summed E-state index contributed by atoms with van der Waals surface area (Å²) in [5.41, 5.74) is 0.515. The van der Waals surface area contributed by atoms with E-state index in [9.17, 15) is 14.4 Å². The molecule has 1 amide bonds. The molecule has 3 rings (SSSR count). The van der Waals surface area contributed by atoms with Crippen LogP contribution in [0.5, 0.6) is 5.88 Å². The van der Waals surface area contributed by atoms with Crippen molar-refractivity contribution in [1.29, 1.82) is 0 Å². The zero-order chi connectivity index (χ0) is 21.8. The second-order valence-electron chi connectivity index (χ2n) is 6.43. The Balaban J connectivity index is 2.00. The van der Waals surface area contributed by atoms with Gasteiger partial charge in [-0.25, -0.2) is 4.79 Å². The van der Waals surface area contributed by atoms with Crippen molar-refractivity contribution >= 4 is 34.5 Å². The van der Waals surface area contributed by atoms with E-state index in [0.29, 0.717) is 5.02 Å². The van der Waals surface area contributed by atoms with Crippen LogP contribution in [0.3, 0.4) is 0 Å². The Bertz CT molecular complexity index is 1170. The highest BCUT2D eigenvalue weighted by Crippen LogP contribution is 2.21. The molecule has 0 bridgehead atoms. The van der Waals surface area contributed by atoms with Crippen molar-refractivity contribution < 1.29 is 19.1 Å². The number of hydrogen-bond acceptors (Lipinski definition) is 6. The van der Waals surface area contributed by atoms with Gasteiger partial charge in [-0.1, -0.05) is 23.7 Å². The molecule has 0 radical (unpaired) electrons. The molecule has 1 aromatic carbocycles. The number of ether oxygens (including phenoxy) is 2. The highest BCUT2D eigenvalue weighted by atomic mass is 35.5. The summed E-state index contributed by atoms with van der Waals surface area (Å²) in [5.74, 6) is -1.17. The van der Waals surface area contributed by atoms with Gasteiger partial charge in [0, 0.05) is 24.8 Å². The summed E-state index contributed by atoms with van der Waals surface area (Å²) in [6.45, 7) is 2.05. The number of benzene rings is 1. The molecule has 8 nitrogen and oxygen atoms in total. The Labute approximate surface area is 177 Å². The standard InChI is InChI=1S/C21H20ClN3O5/c1-4-30-21(28)15-9-14-17(26)16(11-25(2)18(14)24-20(15)29-3)19(27)23-10-12-5-7-13(22)8-6-12/h5-9,11H,4,10H2,1-3H3,(H,23,27). The number of nitrogens with zero attached hydrogens (tertiary/aromatic N) is 2. The van der Waals surface area contributed by atoms with Crippen LogP contribution in [0.4, 0.5) is 0 Å². The molecule has 30 heavy (non-hydrogen) atoms.